The van der Waals surface area contributed by atoms with Crippen LogP contribution in [-0.2, 0) is 0 Å². The molecule has 0 amide bonds. The number of rotatable bonds is 2. The van der Waals surface area contributed by atoms with E-state index in [0.29, 0.717) is 0 Å². The second-order valence-electron chi connectivity index (χ2n) is 1.98. The van der Waals surface area contributed by atoms with Crippen LogP contribution in [0.15, 0.2) is 15.3 Å². The third-order valence-corrected chi connectivity index (χ3v) is 1.24. The molecule has 0 aliphatic heterocycles. The molecule has 2 aromatic rings. The van der Waals surface area contributed by atoms with Crippen molar-refractivity contribution in [3.8, 4) is 11.5 Å². The molecule has 0 aromatic carbocycles. The Bertz CT molecular complexity index is 419. The molecule has 0 N–H and O–H groups in total. The SMILES string of the molecule is O=[N+]([O-])c1nonc1-c1cnno1. The van der Waals surface area contributed by atoms with Crippen molar-refractivity contribution in [3.05, 3.63) is 16.3 Å². The van der Waals surface area contributed by atoms with Gasteiger partial charge >= 0.3 is 5.82 Å². The van der Waals surface area contributed by atoms with Crippen LogP contribution in [0.3, 0.4) is 0 Å². The van der Waals surface area contributed by atoms with Gasteiger partial charge < -0.3 is 14.6 Å². The predicted octanol–water partition coefficient (Wildman–Crippen LogP) is 0.0278. The highest BCUT2D eigenvalue weighted by atomic mass is 16.6. The third-order valence-electron chi connectivity index (χ3n) is 1.24. The second-order valence-corrected chi connectivity index (χ2v) is 1.98. The van der Waals surface area contributed by atoms with E-state index in [1.807, 2.05) is 0 Å². The van der Waals surface area contributed by atoms with Gasteiger partial charge in [-0.3, -0.25) is 0 Å². The fourth-order valence-electron chi connectivity index (χ4n) is 0.730. The van der Waals surface area contributed by atoms with Gasteiger partial charge in [0.25, 0.3) is 5.69 Å². The van der Waals surface area contributed by atoms with Gasteiger partial charge in [-0.2, -0.15) is 0 Å². The van der Waals surface area contributed by atoms with Crippen LogP contribution in [-0.4, -0.2) is 25.6 Å². The van der Waals surface area contributed by atoms with Crippen LogP contribution in [0.4, 0.5) is 5.82 Å². The van der Waals surface area contributed by atoms with Crippen molar-refractivity contribution in [1.29, 1.82) is 0 Å². The summed E-state index contributed by atoms with van der Waals surface area (Å²) in [5, 5.41) is 23.1. The zero-order valence-electron chi connectivity index (χ0n) is 5.95. The third kappa shape index (κ3) is 1.11. The summed E-state index contributed by atoms with van der Waals surface area (Å²) in [4.78, 5) is 9.60. The quantitative estimate of drug-likeness (QED) is 0.472. The minimum absolute atomic E-state index is 0.0351. The van der Waals surface area contributed by atoms with E-state index >= 15 is 0 Å². The molecule has 2 heterocycles. The molecule has 2 aromatic heterocycles. The first kappa shape index (κ1) is 7.34. The van der Waals surface area contributed by atoms with Gasteiger partial charge in [0.05, 0.1) is 0 Å². The first-order chi connectivity index (χ1) is 6.29. The Morgan fingerprint density at radius 1 is 1.46 bits per heavy atom. The molecule has 13 heavy (non-hydrogen) atoms. The monoisotopic (exact) mass is 183 g/mol. The van der Waals surface area contributed by atoms with Gasteiger partial charge in [-0.15, -0.1) is 9.73 Å². The molecule has 0 aliphatic rings. The molecular weight excluding hydrogens is 182 g/mol. The average molecular weight is 183 g/mol. The minimum atomic E-state index is -0.742. The molecular formula is C4HN5O4. The first-order valence-electron chi connectivity index (χ1n) is 3.03. The van der Waals surface area contributed by atoms with Crippen LogP contribution in [0.1, 0.15) is 0 Å². The molecule has 0 saturated carbocycles. The molecule has 9 heteroatoms. The Kier molecular flexibility index (Phi) is 1.48. The van der Waals surface area contributed by atoms with Crippen molar-refractivity contribution in [1.82, 2.24) is 20.7 Å². The summed E-state index contributed by atoms with van der Waals surface area (Å²) >= 11 is 0. The maximum atomic E-state index is 10.3. The Hall–Kier alpha value is -2.32. The van der Waals surface area contributed by atoms with Gasteiger partial charge in [-0.05, 0) is 10.1 Å². The lowest BCUT2D eigenvalue weighted by atomic mass is 10.4. The van der Waals surface area contributed by atoms with Gasteiger partial charge in [0.1, 0.15) is 6.20 Å². The van der Waals surface area contributed by atoms with Crippen molar-refractivity contribution in [2.75, 3.05) is 0 Å². The summed E-state index contributed by atoms with van der Waals surface area (Å²) in [6.07, 6.45) is 1.17. The highest BCUT2D eigenvalue weighted by molar-refractivity contribution is 5.58. The second kappa shape index (κ2) is 2.62. The molecule has 2 rings (SSSR count). The zero-order chi connectivity index (χ0) is 9.26. The van der Waals surface area contributed by atoms with E-state index in [2.05, 4.69) is 29.8 Å². The van der Waals surface area contributed by atoms with Crippen molar-refractivity contribution in [3.63, 3.8) is 0 Å². The molecule has 0 radical (unpaired) electrons. The number of nitro groups is 1. The first-order valence-corrected chi connectivity index (χ1v) is 3.03. The summed E-state index contributed by atoms with van der Waals surface area (Å²) < 4.78 is 8.71. The Labute approximate surface area is 69.4 Å². The average Bonchev–Trinajstić information content (AvgIpc) is 2.74. The molecule has 0 saturated heterocycles. The summed E-state index contributed by atoms with van der Waals surface area (Å²) in [6, 6.07) is 0. The number of hydrogen-bond acceptors (Lipinski definition) is 8. The normalized spacial score (nSPS) is 10.2. The Balaban J connectivity index is 2.52. The minimum Gasteiger partial charge on any atom is -0.358 e. The summed E-state index contributed by atoms with van der Waals surface area (Å²) in [7, 11) is 0. The van der Waals surface area contributed by atoms with Crippen LogP contribution >= 0.6 is 0 Å². The molecule has 0 spiro atoms. The molecule has 66 valence electrons. The molecule has 0 fully saturated rings. The van der Waals surface area contributed by atoms with E-state index in [9.17, 15) is 10.1 Å². The van der Waals surface area contributed by atoms with E-state index in [4.69, 9.17) is 0 Å². The fourth-order valence-corrected chi connectivity index (χ4v) is 0.730. The van der Waals surface area contributed by atoms with Crippen LogP contribution < -0.4 is 0 Å². The molecule has 0 bridgehead atoms. The summed E-state index contributed by atoms with van der Waals surface area (Å²) in [6.45, 7) is 0. The van der Waals surface area contributed by atoms with E-state index in [0.717, 1.165) is 0 Å². The topological polar surface area (TPSA) is 121 Å². The summed E-state index contributed by atoms with van der Waals surface area (Å²) in [5.41, 5.74) is -0.130. The lowest BCUT2D eigenvalue weighted by Crippen LogP contribution is -1.90. The molecule has 0 aliphatic carbocycles. The zero-order valence-corrected chi connectivity index (χ0v) is 5.95. The van der Waals surface area contributed by atoms with E-state index in [-0.39, 0.29) is 11.5 Å². The maximum absolute atomic E-state index is 10.3. The largest absolute Gasteiger partial charge is 0.446 e. The number of nitrogens with zero attached hydrogens (tertiary/aromatic N) is 5. The van der Waals surface area contributed by atoms with Gasteiger partial charge in [-0.25, -0.2) is 0 Å². The van der Waals surface area contributed by atoms with Crippen molar-refractivity contribution < 1.29 is 14.1 Å². The van der Waals surface area contributed by atoms with Gasteiger partial charge in [0.2, 0.25) is 5.76 Å². The maximum Gasteiger partial charge on any atom is 0.446 e. The predicted molar refractivity (Wildman–Crippen MR) is 34.2 cm³/mol. The summed E-state index contributed by atoms with van der Waals surface area (Å²) in [5.74, 6) is -0.494. The van der Waals surface area contributed by atoms with Crippen LogP contribution in [0.25, 0.3) is 11.5 Å². The lowest BCUT2D eigenvalue weighted by Gasteiger charge is -1.85. The molecule has 0 atom stereocenters. The highest BCUT2D eigenvalue weighted by Crippen LogP contribution is 2.23. The van der Waals surface area contributed by atoms with Gasteiger partial charge in [0, 0.05) is 5.27 Å². The Morgan fingerprint density at radius 2 is 2.31 bits per heavy atom. The molecule has 9 nitrogen and oxygen atoms in total. The van der Waals surface area contributed by atoms with E-state index < -0.39 is 10.7 Å². The standard InChI is InChI=1S/C4HN5O4/c10-9(11)4-3(6-13-7-4)2-1-5-8-12-2/h1H. The van der Waals surface area contributed by atoms with E-state index in [1.165, 1.54) is 6.20 Å². The fraction of sp³-hybridized carbons (Fsp3) is 0. The van der Waals surface area contributed by atoms with Crippen LogP contribution in [0.5, 0.6) is 0 Å². The van der Waals surface area contributed by atoms with Crippen molar-refractivity contribution in [2.45, 2.75) is 0 Å². The van der Waals surface area contributed by atoms with Crippen LogP contribution in [0, 0.1) is 10.1 Å². The highest BCUT2D eigenvalue weighted by Gasteiger charge is 2.26. The van der Waals surface area contributed by atoms with E-state index in [1.54, 1.807) is 0 Å². The molecule has 0 unspecified atom stereocenters. The lowest BCUT2D eigenvalue weighted by molar-refractivity contribution is -0.390. The van der Waals surface area contributed by atoms with Crippen molar-refractivity contribution in [2.24, 2.45) is 0 Å². The van der Waals surface area contributed by atoms with Crippen LogP contribution in [0.2, 0.25) is 0 Å². The number of aromatic nitrogens is 4. The van der Waals surface area contributed by atoms with Gasteiger partial charge in [0.15, 0.2) is 5.16 Å². The smallest absolute Gasteiger partial charge is 0.358 e. The van der Waals surface area contributed by atoms with Gasteiger partial charge in [-0.1, -0.05) is 0 Å². The van der Waals surface area contributed by atoms with Crippen molar-refractivity contribution >= 4 is 5.82 Å². The Morgan fingerprint density at radius 3 is 2.92 bits per heavy atom. The number of hydrogen-bond donors (Lipinski definition) is 0.